The number of benzene rings is 2. The van der Waals surface area contributed by atoms with Gasteiger partial charge in [-0.2, -0.15) is 0 Å². The summed E-state index contributed by atoms with van der Waals surface area (Å²) in [5, 5.41) is 3.20. The minimum atomic E-state index is -3.85. The first-order valence-electron chi connectivity index (χ1n) is 13.7. The van der Waals surface area contributed by atoms with Gasteiger partial charge in [0.2, 0.25) is 21.8 Å². The van der Waals surface area contributed by atoms with Gasteiger partial charge in [0.05, 0.1) is 25.7 Å². The van der Waals surface area contributed by atoms with Crippen molar-refractivity contribution >= 4 is 33.4 Å². The van der Waals surface area contributed by atoms with Gasteiger partial charge in [-0.05, 0) is 70.2 Å². The lowest BCUT2D eigenvalue weighted by molar-refractivity contribution is -0.163. The molecule has 0 aliphatic heterocycles. The molecule has 0 aromatic heterocycles. The fourth-order valence-electron chi connectivity index (χ4n) is 4.17. The van der Waals surface area contributed by atoms with Gasteiger partial charge in [-0.15, -0.1) is 0 Å². The number of nitrogens with zero attached hydrogens (tertiary/aromatic N) is 1. The number of carbonyl (C=O) groups is 2. The first kappa shape index (κ1) is 35.3. The summed E-state index contributed by atoms with van der Waals surface area (Å²) in [7, 11) is -0.806. The first-order valence-corrected chi connectivity index (χ1v) is 15.6. The summed E-state index contributed by atoms with van der Waals surface area (Å²) in [6.45, 7) is 8.19. The molecule has 2 aromatic rings. The summed E-state index contributed by atoms with van der Waals surface area (Å²) >= 11 is 5.85. The monoisotopic (exact) mass is 627 g/mol. The fraction of sp³-hybridized carbons (Fsp3) is 0.517. The molecule has 2 amide bonds. The van der Waals surface area contributed by atoms with Crippen LogP contribution in [0.4, 0.5) is 0 Å². The van der Waals surface area contributed by atoms with E-state index in [2.05, 4.69) is 10.0 Å². The normalized spacial score (nSPS) is 12.3. The van der Waals surface area contributed by atoms with Gasteiger partial charge in [0.15, 0.2) is 6.29 Å². The molecule has 1 atom stereocenters. The van der Waals surface area contributed by atoms with Crippen molar-refractivity contribution in [2.45, 2.75) is 63.8 Å². The van der Waals surface area contributed by atoms with Crippen molar-refractivity contribution in [2.24, 2.45) is 0 Å². The van der Waals surface area contributed by atoms with Gasteiger partial charge in [-0.25, -0.2) is 13.1 Å². The summed E-state index contributed by atoms with van der Waals surface area (Å²) in [5.41, 5.74) is 0.647. The Balaban J connectivity index is 2.27. The number of sulfonamides is 1. The Morgan fingerprint density at radius 2 is 1.62 bits per heavy atom. The van der Waals surface area contributed by atoms with Crippen LogP contribution in [0.2, 0.25) is 5.02 Å². The second-order valence-electron chi connectivity index (χ2n) is 9.53. The Morgan fingerprint density at radius 1 is 0.976 bits per heavy atom. The smallest absolute Gasteiger partial charge is 0.245 e. The summed E-state index contributed by atoms with van der Waals surface area (Å²) < 4.78 is 49.8. The SMILES string of the molecule is CCOC(CN(C(=O)C(Cc1cc(OC)ccc1OC)NC(=O)CCNS(=O)(=O)c1ccc(Cl)cc1)C(C)C)OCC. The zero-order valence-electron chi connectivity index (χ0n) is 25.0. The van der Waals surface area contributed by atoms with Crippen molar-refractivity contribution in [1.82, 2.24) is 14.9 Å². The summed E-state index contributed by atoms with van der Waals surface area (Å²) in [5.74, 6) is 0.225. The van der Waals surface area contributed by atoms with Gasteiger partial charge in [0, 0.05) is 49.2 Å². The number of carbonyl (C=O) groups excluding carboxylic acids is 2. The van der Waals surface area contributed by atoms with Gasteiger partial charge in [0.1, 0.15) is 17.5 Å². The minimum absolute atomic E-state index is 0.0243. The van der Waals surface area contributed by atoms with Crippen molar-refractivity contribution in [1.29, 1.82) is 0 Å². The number of rotatable bonds is 18. The molecular formula is C29H42ClN3O8S. The van der Waals surface area contributed by atoms with E-state index in [1.54, 1.807) is 23.1 Å². The standard InChI is InChI=1S/C29H42ClN3O8S/c1-7-40-28(41-8-2)19-33(20(3)4)29(35)25(18-21-17-23(38-5)11-14-26(21)39-6)32-27(34)15-16-31-42(36,37)24-12-9-22(30)10-13-24/h9-14,17,20,25,28,31H,7-8,15-16,18-19H2,1-6H3,(H,32,34). The van der Waals surface area contributed by atoms with Crippen LogP contribution < -0.4 is 19.5 Å². The van der Waals surface area contributed by atoms with E-state index in [0.29, 0.717) is 35.3 Å². The molecule has 0 radical (unpaired) electrons. The van der Waals surface area contributed by atoms with Crippen LogP contribution in [0.5, 0.6) is 11.5 Å². The van der Waals surface area contributed by atoms with E-state index in [4.69, 9.17) is 30.5 Å². The summed E-state index contributed by atoms with van der Waals surface area (Å²) in [6.07, 6.45) is -0.747. The fourth-order valence-corrected chi connectivity index (χ4v) is 5.32. The predicted octanol–water partition coefficient (Wildman–Crippen LogP) is 3.39. The third-order valence-corrected chi connectivity index (χ3v) is 8.00. The number of methoxy groups -OCH3 is 2. The number of hydrogen-bond donors (Lipinski definition) is 2. The van der Waals surface area contributed by atoms with E-state index in [-0.39, 0.29) is 42.8 Å². The molecule has 234 valence electrons. The Kier molecular flexibility index (Phi) is 14.5. The van der Waals surface area contributed by atoms with E-state index in [9.17, 15) is 18.0 Å². The largest absolute Gasteiger partial charge is 0.497 e. The highest BCUT2D eigenvalue weighted by Crippen LogP contribution is 2.26. The quantitative estimate of drug-likeness (QED) is 0.240. The van der Waals surface area contributed by atoms with Gasteiger partial charge in [0.25, 0.3) is 0 Å². The Morgan fingerprint density at radius 3 is 2.17 bits per heavy atom. The average Bonchev–Trinajstić information content (AvgIpc) is 2.95. The highest BCUT2D eigenvalue weighted by Gasteiger charge is 2.31. The topological polar surface area (TPSA) is 132 Å². The molecule has 0 saturated carbocycles. The Hall–Kier alpha value is -2.90. The second-order valence-corrected chi connectivity index (χ2v) is 11.7. The number of halogens is 1. The molecule has 1 unspecified atom stereocenters. The Bertz CT molecular complexity index is 1250. The zero-order valence-corrected chi connectivity index (χ0v) is 26.6. The van der Waals surface area contributed by atoms with E-state index in [1.165, 1.54) is 38.5 Å². The maximum absolute atomic E-state index is 14.0. The number of nitrogens with one attached hydrogen (secondary N) is 2. The van der Waals surface area contributed by atoms with Crippen molar-refractivity contribution in [2.75, 3.05) is 40.5 Å². The zero-order chi connectivity index (χ0) is 31.3. The average molecular weight is 628 g/mol. The Labute approximate surface area is 253 Å². The maximum atomic E-state index is 14.0. The molecule has 2 aromatic carbocycles. The van der Waals surface area contributed by atoms with Crippen LogP contribution in [0.3, 0.4) is 0 Å². The maximum Gasteiger partial charge on any atom is 0.245 e. The molecule has 2 rings (SSSR count). The van der Waals surface area contributed by atoms with Crippen LogP contribution in [0.15, 0.2) is 47.4 Å². The van der Waals surface area contributed by atoms with E-state index in [0.717, 1.165) is 0 Å². The molecule has 0 aliphatic carbocycles. The van der Waals surface area contributed by atoms with Crippen LogP contribution in [-0.4, -0.2) is 84.0 Å². The summed E-state index contributed by atoms with van der Waals surface area (Å²) in [4.78, 5) is 28.7. The molecule has 0 spiro atoms. The van der Waals surface area contributed by atoms with Crippen LogP contribution in [-0.2, 0) is 35.5 Å². The van der Waals surface area contributed by atoms with Gasteiger partial charge in [-0.3, -0.25) is 9.59 Å². The van der Waals surface area contributed by atoms with Crippen LogP contribution in [0.1, 0.15) is 39.7 Å². The predicted molar refractivity (Wildman–Crippen MR) is 160 cm³/mol. The summed E-state index contributed by atoms with van der Waals surface area (Å²) in [6, 6.07) is 9.65. The number of hydrogen-bond acceptors (Lipinski definition) is 8. The second kappa shape index (κ2) is 17.3. The van der Waals surface area contributed by atoms with Gasteiger partial charge < -0.3 is 29.2 Å². The van der Waals surface area contributed by atoms with Crippen molar-refractivity contribution in [3.63, 3.8) is 0 Å². The van der Waals surface area contributed by atoms with Crippen molar-refractivity contribution < 1.29 is 37.0 Å². The highest BCUT2D eigenvalue weighted by atomic mass is 35.5. The molecule has 42 heavy (non-hydrogen) atoms. The van der Waals surface area contributed by atoms with Crippen molar-refractivity contribution in [3.8, 4) is 11.5 Å². The first-order chi connectivity index (χ1) is 19.9. The van der Waals surface area contributed by atoms with E-state index in [1.807, 2.05) is 27.7 Å². The number of amides is 2. The lowest BCUT2D eigenvalue weighted by Gasteiger charge is -2.34. The molecule has 0 bridgehead atoms. The minimum Gasteiger partial charge on any atom is -0.497 e. The third kappa shape index (κ3) is 10.7. The molecule has 0 fully saturated rings. The molecule has 0 heterocycles. The molecule has 0 aliphatic rings. The van der Waals surface area contributed by atoms with Crippen molar-refractivity contribution in [3.05, 3.63) is 53.1 Å². The van der Waals surface area contributed by atoms with Crippen LogP contribution in [0.25, 0.3) is 0 Å². The van der Waals surface area contributed by atoms with Gasteiger partial charge >= 0.3 is 0 Å². The lowest BCUT2D eigenvalue weighted by Crippen LogP contribution is -2.54. The lowest BCUT2D eigenvalue weighted by atomic mass is 10.0. The molecule has 0 saturated heterocycles. The van der Waals surface area contributed by atoms with E-state index >= 15 is 0 Å². The van der Waals surface area contributed by atoms with Gasteiger partial charge in [-0.1, -0.05) is 11.6 Å². The van der Waals surface area contributed by atoms with E-state index < -0.39 is 28.3 Å². The molecule has 11 nitrogen and oxygen atoms in total. The molecule has 2 N–H and O–H groups in total. The van der Waals surface area contributed by atoms with Crippen LogP contribution >= 0.6 is 11.6 Å². The van der Waals surface area contributed by atoms with Crippen LogP contribution in [0, 0.1) is 0 Å². The highest BCUT2D eigenvalue weighted by molar-refractivity contribution is 7.89. The molecule has 13 heteroatoms. The number of ether oxygens (including phenoxy) is 4. The third-order valence-electron chi connectivity index (χ3n) is 6.27. The molecular weight excluding hydrogens is 586 g/mol.